The van der Waals surface area contributed by atoms with Crippen molar-refractivity contribution in [2.24, 2.45) is 0 Å². The fourth-order valence-corrected chi connectivity index (χ4v) is 4.87. The van der Waals surface area contributed by atoms with E-state index < -0.39 is 10.0 Å². The van der Waals surface area contributed by atoms with Crippen molar-refractivity contribution < 1.29 is 17.9 Å². The average molecular weight is 423 g/mol. The summed E-state index contributed by atoms with van der Waals surface area (Å²) in [5, 5.41) is 2.87. The summed E-state index contributed by atoms with van der Waals surface area (Å²) in [6.07, 6.45) is 0.0748. The summed E-state index contributed by atoms with van der Waals surface area (Å²) in [5.41, 5.74) is 2.93. The number of nitrogens with zero attached hydrogens (tertiary/aromatic N) is 1. The van der Waals surface area contributed by atoms with Gasteiger partial charge in [-0.05, 0) is 62.4 Å². The van der Waals surface area contributed by atoms with Crippen LogP contribution < -0.4 is 14.4 Å². The third-order valence-electron chi connectivity index (χ3n) is 4.90. The molecule has 0 saturated heterocycles. The van der Waals surface area contributed by atoms with Crippen molar-refractivity contribution >= 4 is 27.3 Å². The number of benzene rings is 3. The Balaban J connectivity index is 1.64. The van der Waals surface area contributed by atoms with Crippen molar-refractivity contribution in [3.63, 3.8) is 0 Å². The van der Waals surface area contributed by atoms with Crippen molar-refractivity contribution in [3.8, 4) is 16.9 Å². The quantitative estimate of drug-likeness (QED) is 0.670. The molecule has 0 atom stereocenters. The number of ether oxygens (including phenoxy) is 1. The molecule has 0 bridgehead atoms. The highest BCUT2D eigenvalue weighted by atomic mass is 32.2. The van der Waals surface area contributed by atoms with Gasteiger partial charge >= 0.3 is 0 Å². The van der Waals surface area contributed by atoms with Gasteiger partial charge in [0.05, 0.1) is 16.7 Å². The number of amides is 1. The molecule has 3 aromatic carbocycles. The standard InChI is InChI=1S/C23H22N2O4S/c1-15(2)29-18-11-9-17(10-12-18)24-23(26)16-8-13-21-20(14-16)19-6-4-5-7-22(19)30(27,28)25(21)3/h4-15H,1-3H3,(H,24,26). The Morgan fingerprint density at radius 3 is 2.37 bits per heavy atom. The molecule has 1 amide bonds. The van der Waals surface area contributed by atoms with Crippen molar-refractivity contribution in [1.29, 1.82) is 0 Å². The SMILES string of the molecule is CC(C)Oc1ccc(NC(=O)c2ccc3c(c2)-c2ccccc2S(=O)(=O)N3C)cc1. The number of carbonyl (C=O) groups is 1. The lowest BCUT2D eigenvalue weighted by molar-refractivity contribution is 0.102. The molecule has 0 spiro atoms. The molecule has 4 rings (SSSR count). The predicted molar refractivity (Wildman–Crippen MR) is 118 cm³/mol. The third-order valence-corrected chi connectivity index (χ3v) is 6.73. The monoisotopic (exact) mass is 422 g/mol. The van der Waals surface area contributed by atoms with E-state index in [1.54, 1.807) is 66.7 Å². The smallest absolute Gasteiger partial charge is 0.264 e. The van der Waals surface area contributed by atoms with Crippen LogP contribution in [-0.2, 0) is 10.0 Å². The van der Waals surface area contributed by atoms with Gasteiger partial charge in [0.25, 0.3) is 15.9 Å². The Hall–Kier alpha value is -3.32. The number of hydrogen-bond donors (Lipinski definition) is 1. The molecule has 0 aromatic heterocycles. The van der Waals surface area contributed by atoms with Crippen LogP contribution in [-0.4, -0.2) is 27.5 Å². The highest BCUT2D eigenvalue weighted by Gasteiger charge is 2.32. The van der Waals surface area contributed by atoms with Crippen LogP contribution in [0.1, 0.15) is 24.2 Å². The first-order valence-electron chi connectivity index (χ1n) is 9.58. The van der Waals surface area contributed by atoms with Gasteiger partial charge in [-0.3, -0.25) is 9.10 Å². The van der Waals surface area contributed by atoms with Crippen molar-refractivity contribution in [2.45, 2.75) is 24.8 Å². The van der Waals surface area contributed by atoms with Crippen LogP contribution in [0.2, 0.25) is 0 Å². The maximum Gasteiger partial charge on any atom is 0.264 e. The summed E-state index contributed by atoms with van der Waals surface area (Å²) >= 11 is 0. The second-order valence-corrected chi connectivity index (χ2v) is 9.28. The van der Waals surface area contributed by atoms with Crippen LogP contribution in [0.3, 0.4) is 0 Å². The van der Waals surface area contributed by atoms with Crippen LogP contribution >= 0.6 is 0 Å². The highest BCUT2D eigenvalue weighted by Crippen LogP contribution is 2.42. The zero-order valence-corrected chi connectivity index (χ0v) is 17.7. The Morgan fingerprint density at radius 1 is 0.967 bits per heavy atom. The van der Waals surface area contributed by atoms with Gasteiger partial charge in [-0.1, -0.05) is 18.2 Å². The number of anilines is 2. The molecule has 30 heavy (non-hydrogen) atoms. The van der Waals surface area contributed by atoms with E-state index in [0.717, 1.165) is 5.75 Å². The lowest BCUT2D eigenvalue weighted by Gasteiger charge is -2.29. The molecule has 0 saturated carbocycles. The van der Waals surface area contributed by atoms with Gasteiger partial charge in [0.15, 0.2) is 0 Å². The molecule has 1 N–H and O–H groups in total. The molecule has 0 unspecified atom stereocenters. The second kappa shape index (κ2) is 7.50. The molecule has 154 valence electrons. The van der Waals surface area contributed by atoms with E-state index in [-0.39, 0.29) is 16.9 Å². The lowest BCUT2D eigenvalue weighted by atomic mass is 10.00. The van der Waals surface area contributed by atoms with E-state index in [1.807, 2.05) is 13.8 Å². The van der Waals surface area contributed by atoms with Gasteiger partial charge < -0.3 is 10.1 Å². The Kier molecular flexibility index (Phi) is 4.99. The van der Waals surface area contributed by atoms with Gasteiger partial charge in [0.2, 0.25) is 0 Å². The van der Waals surface area contributed by atoms with Gasteiger partial charge in [-0.15, -0.1) is 0 Å². The normalized spacial score (nSPS) is 14.1. The summed E-state index contributed by atoms with van der Waals surface area (Å²) < 4.78 is 32.4. The second-order valence-electron chi connectivity index (χ2n) is 7.35. The molecule has 1 aliphatic heterocycles. The number of fused-ring (bicyclic) bond motifs is 3. The Bertz CT molecular complexity index is 1220. The zero-order valence-electron chi connectivity index (χ0n) is 16.9. The molecule has 0 radical (unpaired) electrons. The number of nitrogens with one attached hydrogen (secondary N) is 1. The molecular weight excluding hydrogens is 400 g/mol. The molecule has 7 heteroatoms. The first-order valence-corrected chi connectivity index (χ1v) is 11.0. The number of hydrogen-bond acceptors (Lipinski definition) is 4. The number of rotatable bonds is 4. The third kappa shape index (κ3) is 3.52. The maximum absolute atomic E-state index is 12.8. The van der Waals surface area contributed by atoms with Crippen LogP contribution in [0, 0.1) is 0 Å². The summed E-state index contributed by atoms with van der Waals surface area (Å²) in [4.78, 5) is 13.0. The van der Waals surface area contributed by atoms with Crippen LogP contribution in [0.5, 0.6) is 5.75 Å². The summed E-state index contributed by atoms with van der Waals surface area (Å²) in [7, 11) is -2.09. The minimum atomic E-state index is -3.61. The topological polar surface area (TPSA) is 75.7 Å². The summed E-state index contributed by atoms with van der Waals surface area (Å²) in [6, 6.07) is 19.0. The largest absolute Gasteiger partial charge is 0.491 e. The van der Waals surface area contributed by atoms with E-state index in [4.69, 9.17) is 4.74 Å². The Morgan fingerprint density at radius 2 is 1.67 bits per heavy atom. The zero-order chi connectivity index (χ0) is 21.5. The van der Waals surface area contributed by atoms with Crippen LogP contribution in [0.15, 0.2) is 71.6 Å². The molecule has 1 heterocycles. The first-order chi connectivity index (χ1) is 14.3. The van der Waals surface area contributed by atoms with Gasteiger partial charge in [-0.25, -0.2) is 8.42 Å². The van der Waals surface area contributed by atoms with E-state index in [2.05, 4.69) is 5.32 Å². The molecule has 3 aromatic rings. The molecule has 6 nitrogen and oxygen atoms in total. The van der Waals surface area contributed by atoms with E-state index in [1.165, 1.54) is 11.4 Å². The number of sulfonamides is 1. The molecular formula is C23H22N2O4S. The van der Waals surface area contributed by atoms with Crippen LogP contribution in [0.4, 0.5) is 11.4 Å². The fraction of sp³-hybridized carbons (Fsp3) is 0.174. The molecule has 0 fully saturated rings. The molecule has 1 aliphatic rings. The lowest BCUT2D eigenvalue weighted by Crippen LogP contribution is -2.30. The first kappa shape index (κ1) is 20.0. The fourth-order valence-electron chi connectivity index (χ4n) is 3.45. The molecule has 0 aliphatic carbocycles. The average Bonchev–Trinajstić information content (AvgIpc) is 2.73. The minimum absolute atomic E-state index is 0.0748. The van der Waals surface area contributed by atoms with Crippen molar-refractivity contribution in [1.82, 2.24) is 0 Å². The van der Waals surface area contributed by atoms with Crippen molar-refractivity contribution in [2.75, 3.05) is 16.7 Å². The minimum Gasteiger partial charge on any atom is -0.491 e. The summed E-state index contributed by atoms with van der Waals surface area (Å²) in [6.45, 7) is 3.90. The van der Waals surface area contributed by atoms with E-state index in [9.17, 15) is 13.2 Å². The Labute approximate surface area is 176 Å². The van der Waals surface area contributed by atoms with Gasteiger partial charge in [0.1, 0.15) is 5.75 Å². The van der Waals surface area contributed by atoms with Gasteiger partial charge in [-0.2, -0.15) is 0 Å². The van der Waals surface area contributed by atoms with Crippen LogP contribution in [0.25, 0.3) is 11.1 Å². The van der Waals surface area contributed by atoms with Crippen molar-refractivity contribution in [3.05, 3.63) is 72.3 Å². The highest BCUT2D eigenvalue weighted by molar-refractivity contribution is 7.93. The van der Waals surface area contributed by atoms with E-state index in [0.29, 0.717) is 28.1 Å². The maximum atomic E-state index is 12.8. The summed E-state index contributed by atoms with van der Waals surface area (Å²) in [5.74, 6) is 0.460. The van der Waals surface area contributed by atoms with E-state index >= 15 is 0 Å². The predicted octanol–water partition coefficient (Wildman–Crippen LogP) is 4.53. The number of carbonyl (C=O) groups excluding carboxylic acids is 1. The van der Waals surface area contributed by atoms with Gasteiger partial charge in [0, 0.05) is 29.4 Å².